The number of halogens is 4. The highest BCUT2D eigenvalue weighted by molar-refractivity contribution is 9.11. The highest BCUT2D eigenvalue weighted by Gasteiger charge is 2.31. The van der Waals surface area contributed by atoms with Crippen LogP contribution in [0.1, 0.15) is 24.0 Å². The number of hydrogen-bond donors (Lipinski definition) is 1. The molecule has 148 valence electrons. The first-order valence-corrected chi connectivity index (χ1v) is 11.4. The highest BCUT2D eigenvalue weighted by Crippen LogP contribution is 2.30. The van der Waals surface area contributed by atoms with Crippen molar-refractivity contribution in [3.05, 3.63) is 51.3 Å². The van der Waals surface area contributed by atoms with Gasteiger partial charge in [-0.3, -0.25) is 4.90 Å². The normalized spacial score (nSPS) is 17.3. The Morgan fingerprint density at radius 2 is 1.89 bits per heavy atom. The van der Waals surface area contributed by atoms with Gasteiger partial charge in [0.25, 0.3) is 0 Å². The third kappa shape index (κ3) is 5.54. The lowest BCUT2D eigenvalue weighted by Crippen LogP contribution is -2.44. The van der Waals surface area contributed by atoms with Crippen LogP contribution in [0.15, 0.2) is 44.4 Å². The molecule has 0 bridgehead atoms. The van der Waals surface area contributed by atoms with Gasteiger partial charge in [0, 0.05) is 25.7 Å². The predicted octanol–water partition coefficient (Wildman–Crippen LogP) is 4.47. The van der Waals surface area contributed by atoms with Crippen molar-refractivity contribution in [1.82, 2.24) is 9.62 Å². The molecule has 0 spiro atoms. The Bertz CT molecular complexity index is 892. The van der Waals surface area contributed by atoms with E-state index in [2.05, 4.69) is 20.7 Å². The highest BCUT2D eigenvalue weighted by atomic mass is 79.9. The molecule has 4 nitrogen and oxygen atoms in total. The summed E-state index contributed by atoms with van der Waals surface area (Å²) in [5.74, 6) is 0. The number of benzene rings is 1. The van der Waals surface area contributed by atoms with Crippen LogP contribution >= 0.6 is 27.3 Å². The monoisotopic (exact) mass is 482 g/mol. The number of rotatable bonds is 5. The molecular formula is C17H18BrF3N2O2S2. The van der Waals surface area contributed by atoms with Crippen molar-refractivity contribution in [2.75, 3.05) is 13.1 Å². The van der Waals surface area contributed by atoms with E-state index in [1.807, 2.05) is 4.90 Å². The summed E-state index contributed by atoms with van der Waals surface area (Å²) in [4.78, 5) is 2.04. The molecule has 1 N–H and O–H groups in total. The molecule has 2 heterocycles. The second-order valence-electron chi connectivity index (χ2n) is 6.43. The SMILES string of the molecule is O=S(=O)(NC1CCN(Cc2cccc(C(F)(F)F)c2)CC1)c1ccc(Br)s1. The van der Waals surface area contributed by atoms with Crippen molar-refractivity contribution in [1.29, 1.82) is 0 Å². The van der Waals surface area contributed by atoms with Crippen LogP contribution in [-0.4, -0.2) is 32.4 Å². The zero-order valence-corrected chi connectivity index (χ0v) is 17.4. The van der Waals surface area contributed by atoms with Crippen molar-refractivity contribution < 1.29 is 21.6 Å². The number of nitrogens with one attached hydrogen (secondary N) is 1. The summed E-state index contributed by atoms with van der Waals surface area (Å²) in [6, 6.07) is 8.40. The predicted molar refractivity (Wildman–Crippen MR) is 102 cm³/mol. The van der Waals surface area contributed by atoms with Crippen LogP contribution in [-0.2, 0) is 22.7 Å². The molecule has 27 heavy (non-hydrogen) atoms. The van der Waals surface area contributed by atoms with Crippen molar-refractivity contribution in [2.24, 2.45) is 0 Å². The van der Waals surface area contributed by atoms with Crippen LogP contribution in [0.4, 0.5) is 13.2 Å². The van der Waals surface area contributed by atoms with E-state index in [0.717, 1.165) is 21.2 Å². The largest absolute Gasteiger partial charge is 0.416 e. The standard InChI is InChI=1S/C17H18BrF3N2O2S2/c18-15-4-5-16(26-15)27(24,25)22-14-6-8-23(9-7-14)11-12-2-1-3-13(10-12)17(19,20)21/h1-5,10,14,22H,6-9,11H2. The van der Waals surface area contributed by atoms with Crippen molar-refractivity contribution in [3.63, 3.8) is 0 Å². The lowest BCUT2D eigenvalue weighted by Gasteiger charge is -2.32. The van der Waals surface area contributed by atoms with Gasteiger partial charge in [0.2, 0.25) is 10.0 Å². The molecule has 10 heteroatoms. The topological polar surface area (TPSA) is 49.4 Å². The number of alkyl halides is 3. The molecular weight excluding hydrogens is 465 g/mol. The van der Waals surface area contributed by atoms with Gasteiger partial charge < -0.3 is 0 Å². The van der Waals surface area contributed by atoms with Gasteiger partial charge in [-0.05, 0) is 52.5 Å². The fourth-order valence-electron chi connectivity index (χ4n) is 3.03. The Hall–Kier alpha value is -0.940. The molecule has 0 unspecified atom stereocenters. The summed E-state index contributed by atoms with van der Waals surface area (Å²) >= 11 is 4.41. The molecule has 0 aliphatic carbocycles. The first kappa shape index (κ1) is 20.8. The first-order chi connectivity index (χ1) is 12.6. The maximum absolute atomic E-state index is 12.8. The molecule has 1 fully saturated rings. The van der Waals surface area contributed by atoms with Gasteiger partial charge in [0.05, 0.1) is 9.35 Å². The second kappa shape index (κ2) is 8.20. The fraction of sp³-hybridized carbons (Fsp3) is 0.412. The van der Waals surface area contributed by atoms with Crippen LogP contribution in [0.2, 0.25) is 0 Å². The number of sulfonamides is 1. The van der Waals surface area contributed by atoms with E-state index in [9.17, 15) is 21.6 Å². The summed E-state index contributed by atoms with van der Waals surface area (Å²) in [6.07, 6.45) is -3.12. The van der Waals surface area contributed by atoms with Crippen LogP contribution < -0.4 is 4.72 Å². The lowest BCUT2D eigenvalue weighted by molar-refractivity contribution is -0.137. The van der Waals surface area contributed by atoms with Gasteiger partial charge in [0.1, 0.15) is 4.21 Å². The van der Waals surface area contributed by atoms with E-state index in [0.29, 0.717) is 38.0 Å². The summed E-state index contributed by atoms with van der Waals surface area (Å²) in [6.45, 7) is 1.66. The first-order valence-electron chi connectivity index (χ1n) is 8.30. The van der Waals surface area contributed by atoms with Crippen LogP contribution in [0, 0.1) is 0 Å². The van der Waals surface area contributed by atoms with Gasteiger partial charge >= 0.3 is 6.18 Å². The van der Waals surface area contributed by atoms with E-state index in [1.54, 1.807) is 18.2 Å². The minimum Gasteiger partial charge on any atom is -0.299 e. The number of nitrogens with zero attached hydrogens (tertiary/aromatic N) is 1. The average Bonchev–Trinajstić information content (AvgIpc) is 3.03. The fourth-order valence-corrected chi connectivity index (χ4v) is 6.36. The van der Waals surface area contributed by atoms with E-state index in [1.165, 1.54) is 12.1 Å². The molecule has 1 aromatic heterocycles. The van der Waals surface area contributed by atoms with Crippen molar-refractivity contribution in [2.45, 2.75) is 35.8 Å². The van der Waals surface area contributed by atoms with Gasteiger partial charge in [-0.25, -0.2) is 13.1 Å². The third-order valence-electron chi connectivity index (χ3n) is 4.38. The molecule has 0 saturated carbocycles. The molecule has 1 aliphatic heterocycles. The van der Waals surface area contributed by atoms with Gasteiger partial charge in [-0.15, -0.1) is 11.3 Å². The Morgan fingerprint density at radius 3 is 2.48 bits per heavy atom. The van der Waals surface area contributed by atoms with Gasteiger partial charge in [-0.2, -0.15) is 13.2 Å². The Labute approximate surface area is 168 Å². The molecule has 1 aliphatic rings. The maximum Gasteiger partial charge on any atom is 0.416 e. The summed E-state index contributed by atoms with van der Waals surface area (Å²) in [7, 11) is -3.54. The van der Waals surface area contributed by atoms with E-state index in [-0.39, 0.29) is 10.3 Å². The number of piperidine rings is 1. The number of thiophene rings is 1. The Balaban J connectivity index is 1.55. The third-order valence-corrected chi connectivity index (χ3v) is 8.02. The van der Waals surface area contributed by atoms with Crippen LogP contribution in [0.3, 0.4) is 0 Å². The summed E-state index contributed by atoms with van der Waals surface area (Å²) in [5.41, 5.74) is -0.0444. The van der Waals surface area contributed by atoms with Gasteiger partial charge in [-0.1, -0.05) is 18.2 Å². The molecule has 1 aromatic carbocycles. The van der Waals surface area contributed by atoms with Crippen LogP contribution in [0.25, 0.3) is 0 Å². The maximum atomic E-state index is 12.8. The van der Waals surface area contributed by atoms with Gasteiger partial charge in [0.15, 0.2) is 0 Å². The number of likely N-dealkylation sites (tertiary alicyclic amines) is 1. The minimum absolute atomic E-state index is 0.173. The van der Waals surface area contributed by atoms with Crippen LogP contribution in [0.5, 0.6) is 0 Å². The average molecular weight is 483 g/mol. The molecule has 0 amide bonds. The molecule has 2 aromatic rings. The molecule has 0 atom stereocenters. The molecule has 3 rings (SSSR count). The van der Waals surface area contributed by atoms with E-state index >= 15 is 0 Å². The molecule has 1 saturated heterocycles. The summed E-state index contributed by atoms with van der Waals surface area (Å²) in [5, 5.41) is 0. The van der Waals surface area contributed by atoms with Crippen molar-refractivity contribution in [3.8, 4) is 0 Å². The smallest absolute Gasteiger partial charge is 0.299 e. The summed E-state index contributed by atoms with van der Waals surface area (Å²) < 4.78 is 66.9. The Kier molecular flexibility index (Phi) is 6.31. The van der Waals surface area contributed by atoms with Crippen molar-refractivity contribution >= 4 is 37.3 Å². The zero-order valence-electron chi connectivity index (χ0n) is 14.2. The molecule has 0 radical (unpaired) electrons. The zero-order chi connectivity index (χ0) is 19.7. The minimum atomic E-state index is -4.35. The lowest BCUT2D eigenvalue weighted by atomic mass is 10.0. The quantitative estimate of drug-likeness (QED) is 0.683. The number of hydrogen-bond acceptors (Lipinski definition) is 4. The van der Waals surface area contributed by atoms with E-state index in [4.69, 9.17) is 0 Å². The second-order valence-corrected chi connectivity index (χ2v) is 10.8. The Morgan fingerprint density at radius 1 is 1.19 bits per heavy atom. The van der Waals surface area contributed by atoms with E-state index < -0.39 is 21.8 Å².